The molecule has 0 bridgehead atoms. The maximum atomic E-state index is 6.25. The van der Waals surface area contributed by atoms with E-state index in [4.69, 9.17) is 28.4 Å². The van der Waals surface area contributed by atoms with Crippen LogP contribution in [-0.2, 0) is 31.8 Å². The first-order valence-corrected chi connectivity index (χ1v) is 10.8. The SMILES string of the molecule is c1cc(CC2CO2)c(-c2c(CC3CO3)cccc2OCC2CO2)c(OCC2CO2)c1. The summed E-state index contributed by atoms with van der Waals surface area (Å²) in [5, 5.41) is 0. The Bertz CT molecular complexity index is 836. The molecule has 4 atom stereocenters. The summed E-state index contributed by atoms with van der Waals surface area (Å²) in [6.45, 7) is 4.32. The first-order valence-electron chi connectivity index (χ1n) is 10.8. The monoisotopic (exact) mass is 410 g/mol. The summed E-state index contributed by atoms with van der Waals surface area (Å²) in [6.07, 6.45) is 2.71. The van der Waals surface area contributed by atoms with Crippen LogP contribution in [0.3, 0.4) is 0 Å². The van der Waals surface area contributed by atoms with E-state index in [1.54, 1.807) is 0 Å². The van der Waals surface area contributed by atoms with Gasteiger partial charge >= 0.3 is 0 Å². The molecular formula is C24H26O6. The van der Waals surface area contributed by atoms with Gasteiger partial charge in [0.25, 0.3) is 0 Å². The largest absolute Gasteiger partial charge is 0.490 e. The predicted octanol–water partition coefficient (Wildman–Crippen LogP) is 2.79. The van der Waals surface area contributed by atoms with Gasteiger partial charge in [-0.3, -0.25) is 0 Å². The van der Waals surface area contributed by atoms with Crippen LogP contribution in [0.25, 0.3) is 11.1 Å². The molecule has 0 N–H and O–H groups in total. The van der Waals surface area contributed by atoms with Crippen molar-refractivity contribution in [2.45, 2.75) is 37.3 Å². The van der Waals surface area contributed by atoms with E-state index in [-0.39, 0.29) is 24.4 Å². The minimum atomic E-state index is 0.200. The second kappa shape index (κ2) is 7.85. The standard InChI is InChI=1S/C24H26O6/c1-3-15(7-17-9-25-17)23(21(5-1)29-13-19-11-27-19)24-16(8-18-10-26-18)4-2-6-22(24)30-14-20-12-28-20/h1-6,17-20H,7-14H2. The van der Waals surface area contributed by atoms with Gasteiger partial charge in [-0.15, -0.1) is 0 Å². The smallest absolute Gasteiger partial charge is 0.127 e. The van der Waals surface area contributed by atoms with Crippen molar-refractivity contribution in [3.8, 4) is 22.6 Å². The van der Waals surface area contributed by atoms with E-state index in [1.807, 2.05) is 12.1 Å². The fourth-order valence-electron chi connectivity index (χ4n) is 3.86. The first kappa shape index (κ1) is 18.6. The maximum absolute atomic E-state index is 6.25. The number of rotatable bonds is 11. The van der Waals surface area contributed by atoms with E-state index in [1.165, 1.54) is 11.1 Å². The van der Waals surface area contributed by atoms with E-state index in [9.17, 15) is 0 Å². The van der Waals surface area contributed by atoms with Crippen LogP contribution in [0.1, 0.15) is 11.1 Å². The molecule has 2 aromatic carbocycles. The topological polar surface area (TPSA) is 68.6 Å². The Morgan fingerprint density at radius 2 is 1.00 bits per heavy atom. The van der Waals surface area contributed by atoms with Gasteiger partial charge < -0.3 is 28.4 Å². The Kier molecular flexibility index (Phi) is 4.88. The zero-order valence-electron chi connectivity index (χ0n) is 16.9. The molecular weight excluding hydrogens is 384 g/mol. The van der Waals surface area contributed by atoms with Crippen LogP contribution in [-0.4, -0.2) is 64.1 Å². The van der Waals surface area contributed by atoms with E-state index in [2.05, 4.69) is 24.3 Å². The van der Waals surface area contributed by atoms with Crippen molar-refractivity contribution in [2.24, 2.45) is 0 Å². The average Bonchev–Trinajstić information content (AvgIpc) is 3.59. The van der Waals surface area contributed by atoms with Gasteiger partial charge in [0, 0.05) is 24.0 Å². The number of hydrogen-bond acceptors (Lipinski definition) is 6. The van der Waals surface area contributed by atoms with E-state index in [0.29, 0.717) is 13.2 Å². The Morgan fingerprint density at radius 1 is 0.600 bits per heavy atom. The normalized spacial score (nSPS) is 28.1. The molecule has 0 amide bonds. The highest BCUT2D eigenvalue weighted by Crippen LogP contribution is 2.44. The van der Waals surface area contributed by atoms with E-state index < -0.39 is 0 Å². The van der Waals surface area contributed by atoms with Crippen molar-refractivity contribution in [1.29, 1.82) is 0 Å². The van der Waals surface area contributed by atoms with Gasteiger partial charge in [0.2, 0.25) is 0 Å². The quantitative estimate of drug-likeness (QED) is 0.531. The summed E-state index contributed by atoms with van der Waals surface area (Å²) in [5.74, 6) is 1.75. The molecule has 2 aromatic rings. The molecule has 4 saturated heterocycles. The summed E-state index contributed by atoms with van der Waals surface area (Å²) in [7, 11) is 0. The molecule has 158 valence electrons. The molecule has 0 spiro atoms. The van der Waals surface area contributed by atoms with Gasteiger partial charge in [0.05, 0.1) is 38.6 Å². The lowest BCUT2D eigenvalue weighted by Gasteiger charge is -2.21. The Balaban J connectivity index is 1.42. The lowest BCUT2D eigenvalue weighted by atomic mass is 9.90. The highest BCUT2D eigenvalue weighted by Gasteiger charge is 2.31. The molecule has 0 aliphatic carbocycles. The second-order valence-electron chi connectivity index (χ2n) is 8.43. The Hall–Kier alpha value is -2.12. The molecule has 4 unspecified atom stereocenters. The van der Waals surface area contributed by atoms with Crippen LogP contribution in [0.2, 0.25) is 0 Å². The summed E-state index contributed by atoms with van der Waals surface area (Å²) in [4.78, 5) is 0. The highest BCUT2D eigenvalue weighted by molar-refractivity contribution is 5.82. The van der Waals surface area contributed by atoms with Crippen molar-refractivity contribution >= 4 is 0 Å². The van der Waals surface area contributed by atoms with Crippen molar-refractivity contribution in [1.82, 2.24) is 0 Å². The van der Waals surface area contributed by atoms with Gasteiger partial charge in [0.1, 0.15) is 36.9 Å². The van der Waals surface area contributed by atoms with Gasteiger partial charge in [-0.25, -0.2) is 0 Å². The number of hydrogen-bond donors (Lipinski definition) is 0. The lowest BCUT2D eigenvalue weighted by molar-refractivity contribution is 0.260. The Morgan fingerprint density at radius 3 is 1.37 bits per heavy atom. The minimum absolute atomic E-state index is 0.200. The van der Waals surface area contributed by atoms with E-state index >= 15 is 0 Å². The third-order valence-electron chi connectivity index (χ3n) is 5.83. The minimum Gasteiger partial charge on any atom is -0.490 e. The predicted molar refractivity (Wildman–Crippen MR) is 109 cm³/mol. The van der Waals surface area contributed by atoms with E-state index in [0.717, 1.165) is 61.9 Å². The lowest BCUT2D eigenvalue weighted by Crippen LogP contribution is -2.10. The van der Waals surface area contributed by atoms with Gasteiger partial charge in [-0.05, 0) is 23.3 Å². The van der Waals surface area contributed by atoms with Gasteiger partial charge in [-0.1, -0.05) is 24.3 Å². The fourth-order valence-corrected chi connectivity index (χ4v) is 3.86. The zero-order chi connectivity index (χ0) is 19.9. The fraction of sp³-hybridized carbons (Fsp3) is 0.500. The Labute approximate surface area is 176 Å². The molecule has 6 heteroatoms. The number of epoxide rings is 4. The molecule has 30 heavy (non-hydrogen) atoms. The third-order valence-corrected chi connectivity index (χ3v) is 5.83. The molecule has 0 saturated carbocycles. The van der Waals surface area contributed by atoms with Crippen molar-refractivity contribution < 1.29 is 28.4 Å². The highest BCUT2D eigenvalue weighted by atomic mass is 16.6. The van der Waals surface area contributed by atoms with Crippen LogP contribution in [0.5, 0.6) is 11.5 Å². The zero-order valence-corrected chi connectivity index (χ0v) is 16.9. The molecule has 6 rings (SSSR count). The molecule has 4 fully saturated rings. The summed E-state index contributed by atoms with van der Waals surface area (Å²) in [6, 6.07) is 12.6. The second-order valence-corrected chi connectivity index (χ2v) is 8.43. The van der Waals surface area contributed by atoms with Crippen LogP contribution >= 0.6 is 0 Å². The summed E-state index contributed by atoms with van der Waals surface area (Å²) in [5.41, 5.74) is 4.67. The molecule has 4 aliphatic rings. The van der Waals surface area contributed by atoms with Crippen LogP contribution in [0.4, 0.5) is 0 Å². The maximum Gasteiger partial charge on any atom is 0.127 e. The molecule has 6 nitrogen and oxygen atoms in total. The van der Waals surface area contributed by atoms with Crippen LogP contribution in [0, 0.1) is 0 Å². The van der Waals surface area contributed by atoms with Crippen LogP contribution in [0.15, 0.2) is 36.4 Å². The number of benzene rings is 2. The van der Waals surface area contributed by atoms with Crippen molar-refractivity contribution in [3.63, 3.8) is 0 Å². The molecule has 4 aliphatic heterocycles. The van der Waals surface area contributed by atoms with Gasteiger partial charge in [-0.2, -0.15) is 0 Å². The van der Waals surface area contributed by atoms with Crippen LogP contribution < -0.4 is 9.47 Å². The van der Waals surface area contributed by atoms with Crippen molar-refractivity contribution in [2.75, 3.05) is 39.6 Å². The summed E-state index contributed by atoms with van der Waals surface area (Å²) >= 11 is 0. The molecule has 0 radical (unpaired) electrons. The van der Waals surface area contributed by atoms with Crippen molar-refractivity contribution in [3.05, 3.63) is 47.5 Å². The third kappa shape index (κ3) is 4.47. The molecule has 0 aromatic heterocycles. The average molecular weight is 410 g/mol. The summed E-state index contributed by atoms with van der Waals surface area (Å²) < 4.78 is 34.3. The van der Waals surface area contributed by atoms with Gasteiger partial charge in [0.15, 0.2) is 0 Å². The first-order chi connectivity index (χ1) is 14.8. The number of ether oxygens (including phenoxy) is 6. The molecule has 4 heterocycles.